The van der Waals surface area contributed by atoms with Gasteiger partial charge < -0.3 is 20.3 Å². The largest absolute Gasteiger partial charge is 0.477 e. The fraction of sp³-hybridized carbons (Fsp3) is 0.412. The maximum atomic E-state index is 15.2. The van der Waals surface area contributed by atoms with Crippen molar-refractivity contribution < 1.29 is 23.1 Å². The number of carboxylic acids is 1. The summed E-state index contributed by atoms with van der Waals surface area (Å²) >= 11 is 0. The number of halogens is 3. The van der Waals surface area contributed by atoms with E-state index in [-0.39, 0.29) is 36.3 Å². The molecule has 0 spiro atoms. The van der Waals surface area contributed by atoms with Crippen molar-refractivity contribution in [1.82, 2.24) is 4.57 Å². The number of aromatic nitrogens is 1. The van der Waals surface area contributed by atoms with Crippen LogP contribution in [0.1, 0.15) is 17.3 Å². The van der Waals surface area contributed by atoms with E-state index >= 15 is 4.39 Å². The Labute approximate surface area is 146 Å². The standard InChI is InChI=1S/C17H18F3N3O3/c1-8-5-23(7-12(8)21)15-11(19)4-9-14(13(15)20)22(3-2-18)6-10(16(9)24)17(25)26/h4,6,8,12H,2-3,5,7,21H2,1H3,(H,25,26). The van der Waals surface area contributed by atoms with Gasteiger partial charge in [0, 0.05) is 25.3 Å². The van der Waals surface area contributed by atoms with E-state index in [1.165, 1.54) is 4.90 Å². The topological polar surface area (TPSA) is 88.6 Å². The van der Waals surface area contributed by atoms with Crippen molar-refractivity contribution in [2.24, 2.45) is 11.7 Å². The molecule has 0 radical (unpaired) electrons. The molecule has 1 fully saturated rings. The molecular weight excluding hydrogens is 351 g/mol. The van der Waals surface area contributed by atoms with Crippen LogP contribution in [0.25, 0.3) is 10.9 Å². The van der Waals surface area contributed by atoms with Crippen molar-refractivity contribution in [3.8, 4) is 0 Å². The van der Waals surface area contributed by atoms with Gasteiger partial charge in [-0.05, 0) is 12.0 Å². The van der Waals surface area contributed by atoms with Crippen LogP contribution in [0.5, 0.6) is 0 Å². The van der Waals surface area contributed by atoms with Crippen LogP contribution in [0.15, 0.2) is 17.1 Å². The zero-order valence-electron chi connectivity index (χ0n) is 14.0. The van der Waals surface area contributed by atoms with Gasteiger partial charge in [-0.3, -0.25) is 4.79 Å². The highest BCUT2D eigenvalue weighted by Crippen LogP contribution is 2.33. The van der Waals surface area contributed by atoms with Crippen LogP contribution in [-0.4, -0.2) is 41.4 Å². The summed E-state index contributed by atoms with van der Waals surface area (Å²) < 4.78 is 43.7. The normalized spacial score (nSPS) is 20.1. The van der Waals surface area contributed by atoms with E-state index in [1.807, 2.05) is 6.92 Å². The Morgan fingerprint density at radius 1 is 1.38 bits per heavy atom. The number of alkyl halides is 1. The average Bonchev–Trinajstić information content (AvgIpc) is 2.88. The van der Waals surface area contributed by atoms with Gasteiger partial charge in [-0.1, -0.05) is 6.92 Å². The van der Waals surface area contributed by atoms with Gasteiger partial charge in [-0.15, -0.1) is 0 Å². The molecule has 3 rings (SSSR count). The number of carboxylic acid groups (broad SMARTS) is 1. The number of hydrogen-bond acceptors (Lipinski definition) is 4. The molecule has 2 unspecified atom stereocenters. The first-order chi connectivity index (χ1) is 12.3. The summed E-state index contributed by atoms with van der Waals surface area (Å²) in [5.74, 6) is -3.54. The maximum Gasteiger partial charge on any atom is 0.341 e. The fourth-order valence-corrected chi connectivity index (χ4v) is 3.36. The molecule has 0 saturated carbocycles. The molecule has 140 valence electrons. The molecule has 2 aromatic rings. The van der Waals surface area contributed by atoms with E-state index < -0.39 is 40.7 Å². The second-order valence-electron chi connectivity index (χ2n) is 6.52. The molecule has 1 aliphatic rings. The van der Waals surface area contributed by atoms with Crippen LogP contribution < -0.4 is 16.1 Å². The smallest absolute Gasteiger partial charge is 0.341 e. The molecule has 2 atom stereocenters. The summed E-state index contributed by atoms with van der Waals surface area (Å²) in [6.07, 6.45) is 0.885. The molecule has 6 nitrogen and oxygen atoms in total. The zero-order chi connectivity index (χ0) is 19.2. The molecule has 1 aliphatic heterocycles. The summed E-state index contributed by atoms with van der Waals surface area (Å²) in [6.45, 7) is 1.16. The SMILES string of the molecule is CC1CN(c2c(F)cc3c(=O)c(C(=O)O)cn(CCF)c3c2F)CC1N. The summed E-state index contributed by atoms with van der Waals surface area (Å²) in [5, 5.41) is 8.69. The van der Waals surface area contributed by atoms with Gasteiger partial charge in [-0.2, -0.15) is 0 Å². The van der Waals surface area contributed by atoms with E-state index in [0.29, 0.717) is 6.54 Å². The highest BCUT2D eigenvalue weighted by molar-refractivity contribution is 5.93. The van der Waals surface area contributed by atoms with E-state index in [2.05, 4.69) is 0 Å². The molecule has 1 aromatic heterocycles. The van der Waals surface area contributed by atoms with Gasteiger partial charge in [0.2, 0.25) is 5.43 Å². The number of aryl methyl sites for hydroxylation is 1. The highest BCUT2D eigenvalue weighted by Gasteiger charge is 2.32. The number of carbonyl (C=O) groups is 1. The summed E-state index contributed by atoms with van der Waals surface area (Å²) in [6, 6.07) is 0.554. The van der Waals surface area contributed by atoms with Crippen molar-refractivity contribution in [3.05, 3.63) is 39.7 Å². The first-order valence-electron chi connectivity index (χ1n) is 8.11. The van der Waals surface area contributed by atoms with Crippen LogP contribution in [0, 0.1) is 17.6 Å². The number of hydrogen-bond donors (Lipinski definition) is 2. The second-order valence-corrected chi connectivity index (χ2v) is 6.52. The minimum atomic E-state index is -1.55. The third-order valence-electron chi connectivity index (χ3n) is 4.77. The lowest BCUT2D eigenvalue weighted by Crippen LogP contribution is -2.29. The number of nitrogens with zero attached hydrogens (tertiary/aromatic N) is 2. The molecule has 0 bridgehead atoms. The minimum Gasteiger partial charge on any atom is -0.477 e. The summed E-state index contributed by atoms with van der Waals surface area (Å²) in [4.78, 5) is 25.0. The van der Waals surface area contributed by atoms with Crippen molar-refractivity contribution in [2.45, 2.75) is 19.5 Å². The van der Waals surface area contributed by atoms with E-state index in [9.17, 15) is 18.4 Å². The van der Waals surface area contributed by atoms with Gasteiger partial charge in [0.15, 0.2) is 5.82 Å². The van der Waals surface area contributed by atoms with Gasteiger partial charge >= 0.3 is 5.97 Å². The summed E-state index contributed by atoms with van der Waals surface area (Å²) in [7, 11) is 0. The van der Waals surface area contributed by atoms with Crippen LogP contribution >= 0.6 is 0 Å². The Balaban J connectivity index is 2.31. The first-order valence-corrected chi connectivity index (χ1v) is 8.11. The Morgan fingerprint density at radius 3 is 2.62 bits per heavy atom. The Kier molecular flexibility index (Phi) is 4.66. The zero-order valence-corrected chi connectivity index (χ0v) is 14.0. The number of rotatable bonds is 4. The molecule has 2 heterocycles. The Hall–Kier alpha value is -2.55. The molecule has 1 saturated heterocycles. The predicted octanol–water partition coefficient (Wildman–Crippen LogP) is 1.73. The fourth-order valence-electron chi connectivity index (χ4n) is 3.36. The van der Waals surface area contributed by atoms with Crippen molar-refractivity contribution in [2.75, 3.05) is 24.7 Å². The van der Waals surface area contributed by atoms with Crippen molar-refractivity contribution in [3.63, 3.8) is 0 Å². The lowest BCUT2D eigenvalue weighted by molar-refractivity contribution is 0.0694. The van der Waals surface area contributed by atoms with Crippen molar-refractivity contribution >= 4 is 22.6 Å². The van der Waals surface area contributed by atoms with Crippen molar-refractivity contribution in [1.29, 1.82) is 0 Å². The first kappa shape index (κ1) is 18.2. The number of benzene rings is 1. The second kappa shape index (κ2) is 6.64. The average molecular weight is 369 g/mol. The Bertz CT molecular complexity index is 934. The lowest BCUT2D eigenvalue weighted by atomic mass is 10.1. The van der Waals surface area contributed by atoms with Gasteiger partial charge in [0.25, 0.3) is 0 Å². The Morgan fingerprint density at radius 2 is 2.08 bits per heavy atom. The molecule has 26 heavy (non-hydrogen) atoms. The molecule has 1 aromatic carbocycles. The number of fused-ring (bicyclic) bond motifs is 1. The van der Waals surface area contributed by atoms with E-state index in [1.54, 1.807) is 0 Å². The molecule has 0 amide bonds. The monoisotopic (exact) mass is 369 g/mol. The lowest BCUT2D eigenvalue weighted by Gasteiger charge is -2.22. The molecule has 9 heteroatoms. The highest BCUT2D eigenvalue weighted by atomic mass is 19.1. The number of anilines is 1. The summed E-state index contributed by atoms with van der Waals surface area (Å²) in [5.41, 5.74) is 3.57. The predicted molar refractivity (Wildman–Crippen MR) is 90.4 cm³/mol. The quantitative estimate of drug-likeness (QED) is 0.857. The third-order valence-corrected chi connectivity index (χ3v) is 4.77. The van der Waals surface area contributed by atoms with Gasteiger partial charge in [0.05, 0.1) is 17.4 Å². The van der Waals surface area contributed by atoms with E-state index in [0.717, 1.165) is 16.8 Å². The minimum absolute atomic E-state index is 0.0203. The number of pyridine rings is 1. The number of aromatic carboxylic acids is 1. The molecule has 0 aliphatic carbocycles. The van der Waals surface area contributed by atoms with E-state index in [4.69, 9.17) is 10.8 Å². The van der Waals surface area contributed by atoms with Crippen LogP contribution in [0.4, 0.5) is 18.9 Å². The molecular formula is C17H18F3N3O3. The van der Waals surface area contributed by atoms with Crippen LogP contribution in [-0.2, 0) is 6.54 Å². The maximum absolute atomic E-state index is 15.2. The van der Waals surface area contributed by atoms with Crippen LogP contribution in [0.3, 0.4) is 0 Å². The molecule has 3 N–H and O–H groups in total. The van der Waals surface area contributed by atoms with Gasteiger partial charge in [-0.25, -0.2) is 18.0 Å². The number of nitrogens with two attached hydrogens (primary N) is 1. The van der Waals surface area contributed by atoms with Crippen LogP contribution in [0.2, 0.25) is 0 Å². The van der Waals surface area contributed by atoms with Gasteiger partial charge in [0.1, 0.15) is 23.7 Å². The third kappa shape index (κ3) is 2.82.